The standard InChI is InChI=1S/C22H22Cl2N6O3/c23-13-5-9-15(10-6-13)25-20(31)29-22(33)30(16-11-7-14(24)8-12-16)21(32)28-19-26-17-3-1-2-4-18(17)27-19/h5-12,17-18H,1-4H2,(H2,25,29,31,33)(H2,26,27,28,32)/p+1/t17-,18+. The van der Waals surface area contributed by atoms with Crippen LogP contribution in [-0.4, -0.2) is 36.1 Å². The number of benzene rings is 2. The van der Waals surface area contributed by atoms with Crippen LogP contribution in [-0.2, 0) is 0 Å². The van der Waals surface area contributed by atoms with Gasteiger partial charge in [0.05, 0.1) is 5.69 Å². The Labute approximate surface area is 200 Å². The van der Waals surface area contributed by atoms with Crippen LogP contribution >= 0.6 is 23.2 Å². The van der Waals surface area contributed by atoms with Gasteiger partial charge in [-0.25, -0.2) is 14.4 Å². The molecule has 0 spiro atoms. The maximum absolute atomic E-state index is 13.1. The number of carbonyl (C=O) groups excluding carboxylic acids is 3. The highest BCUT2D eigenvalue weighted by molar-refractivity contribution is 6.31. The van der Waals surface area contributed by atoms with Crippen molar-refractivity contribution >= 4 is 58.6 Å². The molecule has 0 unspecified atom stereocenters. The van der Waals surface area contributed by atoms with Crippen molar-refractivity contribution in [1.82, 2.24) is 16.0 Å². The van der Waals surface area contributed by atoms with Crippen LogP contribution < -0.4 is 31.2 Å². The molecule has 5 N–H and O–H groups in total. The summed E-state index contributed by atoms with van der Waals surface area (Å²) >= 11 is 11.8. The first-order valence-corrected chi connectivity index (χ1v) is 11.3. The van der Waals surface area contributed by atoms with Crippen molar-refractivity contribution in [2.24, 2.45) is 0 Å². The number of anilines is 2. The summed E-state index contributed by atoms with van der Waals surface area (Å²) in [7, 11) is 0. The van der Waals surface area contributed by atoms with Gasteiger partial charge < -0.3 is 5.32 Å². The smallest absolute Gasteiger partial charge is 0.308 e. The molecule has 1 heterocycles. The summed E-state index contributed by atoms with van der Waals surface area (Å²) in [6, 6.07) is 10.5. The minimum atomic E-state index is -0.933. The molecule has 2 aromatic rings. The number of hydrogen-bond donors (Lipinski definition) is 5. The van der Waals surface area contributed by atoms with E-state index in [1.165, 1.54) is 12.1 Å². The Morgan fingerprint density at radius 2 is 1.52 bits per heavy atom. The molecule has 2 aliphatic rings. The Bertz CT molecular complexity index is 1070. The highest BCUT2D eigenvalue weighted by Gasteiger charge is 2.38. The third-order valence-electron chi connectivity index (χ3n) is 5.47. The van der Waals surface area contributed by atoms with Gasteiger partial charge in [-0.3, -0.25) is 15.6 Å². The van der Waals surface area contributed by atoms with Gasteiger partial charge in [0.1, 0.15) is 12.1 Å². The number of nitrogens with one attached hydrogen (secondary N) is 5. The molecule has 1 aliphatic heterocycles. The molecule has 172 valence electrons. The van der Waals surface area contributed by atoms with Gasteiger partial charge in [0.25, 0.3) is 0 Å². The van der Waals surface area contributed by atoms with Gasteiger partial charge in [-0.05, 0) is 74.2 Å². The van der Waals surface area contributed by atoms with E-state index in [4.69, 9.17) is 23.2 Å². The largest absolute Gasteiger partial charge is 0.395 e. The zero-order valence-electron chi connectivity index (χ0n) is 17.5. The lowest BCUT2D eigenvalue weighted by molar-refractivity contribution is -0.500. The minimum absolute atomic E-state index is 0.233. The highest BCUT2D eigenvalue weighted by atomic mass is 35.5. The SMILES string of the molecule is O=C(NC(=O)N(C(=O)NC1=[NH+][C@H]2CCCC[C@H]2N1)c1ccc(Cl)cc1)Nc1ccc(Cl)cc1. The molecule has 6 amide bonds. The molecule has 11 heteroatoms. The lowest BCUT2D eigenvalue weighted by Gasteiger charge is -2.20. The third-order valence-corrected chi connectivity index (χ3v) is 5.97. The first-order valence-electron chi connectivity index (χ1n) is 10.5. The predicted molar refractivity (Wildman–Crippen MR) is 127 cm³/mol. The number of nitrogens with zero attached hydrogens (tertiary/aromatic N) is 1. The quantitative estimate of drug-likeness (QED) is 0.445. The fraction of sp³-hybridized carbons (Fsp3) is 0.273. The summed E-state index contributed by atoms with van der Waals surface area (Å²) in [5.74, 6) is 0.439. The van der Waals surface area contributed by atoms with Crippen LogP contribution in [0, 0.1) is 0 Å². The number of guanidine groups is 1. The summed E-state index contributed by atoms with van der Waals surface area (Å²) in [4.78, 5) is 42.5. The van der Waals surface area contributed by atoms with Crippen LogP contribution in [0.5, 0.6) is 0 Å². The molecule has 1 fully saturated rings. The van der Waals surface area contributed by atoms with E-state index in [0.29, 0.717) is 21.7 Å². The summed E-state index contributed by atoms with van der Waals surface area (Å²) in [6.45, 7) is 0. The molecule has 0 saturated heterocycles. The van der Waals surface area contributed by atoms with Gasteiger partial charge in [0.15, 0.2) is 0 Å². The van der Waals surface area contributed by atoms with E-state index < -0.39 is 18.1 Å². The van der Waals surface area contributed by atoms with E-state index in [-0.39, 0.29) is 17.8 Å². The van der Waals surface area contributed by atoms with E-state index >= 15 is 0 Å². The second kappa shape index (κ2) is 10.1. The Hall–Kier alpha value is -3.30. The van der Waals surface area contributed by atoms with Crippen LogP contribution in [0.4, 0.5) is 25.8 Å². The van der Waals surface area contributed by atoms with Crippen LogP contribution in [0.25, 0.3) is 0 Å². The van der Waals surface area contributed by atoms with Crippen LogP contribution in [0.2, 0.25) is 10.0 Å². The zero-order chi connectivity index (χ0) is 23.4. The molecule has 0 aromatic heterocycles. The van der Waals surface area contributed by atoms with Crippen LogP contribution in [0.3, 0.4) is 0 Å². The number of fused-ring (bicyclic) bond motifs is 1. The molecule has 1 saturated carbocycles. The summed E-state index contributed by atoms with van der Waals surface area (Å²) < 4.78 is 0. The summed E-state index contributed by atoms with van der Waals surface area (Å²) in [6.07, 6.45) is 4.25. The average Bonchev–Trinajstić information content (AvgIpc) is 3.19. The highest BCUT2D eigenvalue weighted by Crippen LogP contribution is 2.20. The number of halogens is 2. The van der Waals surface area contributed by atoms with Crippen molar-refractivity contribution in [3.05, 3.63) is 58.6 Å². The van der Waals surface area contributed by atoms with Crippen molar-refractivity contribution in [2.45, 2.75) is 37.8 Å². The Kier molecular flexibility index (Phi) is 7.00. The average molecular weight is 490 g/mol. The number of rotatable bonds is 2. The van der Waals surface area contributed by atoms with E-state index in [1.807, 2.05) is 0 Å². The molecule has 0 radical (unpaired) electrons. The normalized spacial score (nSPS) is 18.9. The first kappa shape index (κ1) is 22.9. The molecule has 1 aliphatic carbocycles. The number of imide groups is 2. The molecule has 0 bridgehead atoms. The van der Waals surface area contributed by atoms with Gasteiger partial charge >= 0.3 is 24.1 Å². The monoisotopic (exact) mass is 489 g/mol. The molecule has 4 rings (SSSR count). The van der Waals surface area contributed by atoms with E-state index in [9.17, 15) is 14.4 Å². The van der Waals surface area contributed by atoms with Crippen molar-refractivity contribution in [2.75, 3.05) is 10.2 Å². The van der Waals surface area contributed by atoms with E-state index in [0.717, 1.165) is 30.6 Å². The molecule has 2 aromatic carbocycles. The van der Waals surface area contributed by atoms with Gasteiger partial charge in [-0.1, -0.05) is 23.2 Å². The van der Waals surface area contributed by atoms with Gasteiger partial charge in [-0.2, -0.15) is 10.2 Å². The van der Waals surface area contributed by atoms with Crippen LogP contribution in [0.15, 0.2) is 48.5 Å². The van der Waals surface area contributed by atoms with Gasteiger partial charge in [0, 0.05) is 15.7 Å². The molecule has 9 nitrogen and oxygen atoms in total. The third kappa shape index (κ3) is 5.74. The first-order chi connectivity index (χ1) is 15.9. The second-order valence-electron chi connectivity index (χ2n) is 7.79. The topological polar surface area (TPSA) is 117 Å². The van der Waals surface area contributed by atoms with Crippen molar-refractivity contribution in [1.29, 1.82) is 0 Å². The molecule has 33 heavy (non-hydrogen) atoms. The van der Waals surface area contributed by atoms with E-state index in [1.54, 1.807) is 36.4 Å². The Morgan fingerprint density at radius 1 is 0.879 bits per heavy atom. The fourth-order valence-corrected chi connectivity index (χ4v) is 4.14. The number of amides is 6. The molecular weight excluding hydrogens is 467 g/mol. The van der Waals surface area contributed by atoms with Crippen molar-refractivity contribution in [3.63, 3.8) is 0 Å². The Balaban J connectivity index is 1.47. The number of carbonyl (C=O) groups is 3. The second-order valence-corrected chi connectivity index (χ2v) is 8.67. The van der Waals surface area contributed by atoms with Crippen LogP contribution in [0.1, 0.15) is 25.7 Å². The van der Waals surface area contributed by atoms with Crippen molar-refractivity contribution < 1.29 is 19.4 Å². The minimum Gasteiger partial charge on any atom is -0.308 e. The van der Waals surface area contributed by atoms with Crippen molar-refractivity contribution in [3.8, 4) is 0 Å². The Morgan fingerprint density at radius 3 is 2.18 bits per heavy atom. The maximum atomic E-state index is 13.1. The maximum Gasteiger partial charge on any atom is 0.395 e. The predicted octanol–water partition coefficient (Wildman–Crippen LogP) is 2.80. The lowest BCUT2D eigenvalue weighted by Crippen LogP contribution is -2.81. The zero-order valence-corrected chi connectivity index (χ0v) is 19.0. The molecule has 2 atom stereocenters. The fourth-order valence-electron chi connectivity index (χ4n) is 3.89. The summed E-state index contributed by atoms with van der Waals surface area (Å²) in [5.41, 5.74) is 0.675. The number of hydrogen-bond acceptors (Lipinski definition) is 4. The van der Waals surface area contributed by atoms with Gasteiger partial charge in [0.2, 0.25) is 0 Å². The van der Waals surface area contributed by atoms with E-state index in [2.05, 4.69) is 26.3 Å². The number of urea groups is 3. The lowest BCUT2D eigenvalue weighted by atomic mass is 9.92. The summed E-state index contributed by atoms with van der Waals surface area (Å²) in [5, 5.41) is 11.6. The van der Waals surface area contributed by atoms with Gasteiger partial charge in [-0.15, -0.1) is 0 Å². The molecular formula is C22H23Cl2N6O3+.